The van der Waals surface area contributed by atoms with Crippen molar-refractivity contribution < 1.29 is 9.90 Å². The molecule has 3 N–H and O–H groups in total. The summed E-state index contributed by atoms with van der Waals surface area (Å²) in [5.41, 5.74) is 0.605. The lowest BCUT2D eigenvalue weighted by Gasteiger charge is -2.09. The second-order valence-corrected chi connectivity index (χ2v) is 3.71. The van der Waals surface area contributed by atoms with Crippen LogP contribution in [-0.2, 0) is 0 Å². The molecule has 0 saturated heterocycles. The average molecular weight is 194 g/mol. The van der Waals surface area contributed by atoms with E-state index in [4.69, 9.17) is 0 Å². The van der Waals surface area contributed by atoms with E-state index < -0.39 is 0 Å². The van der Waals surface area contributed by atoms with Crippen LogP contribution in [0.3, 0.4) is 0 Å². The zero-order chi connectivity index (χ0) is 9.97. The van der Waals surface area contributed by atoms with Gasteiger partial charge in [0.2, 0.25) is 0 Å². The maximum atomic E-state index is 11.4. The Kier molecular flexibility index (Phi) is 2.54. The summed E-state index contributed by atoms with van der Waals surface area (Å²) in [6.07, 6.45) is 5.13. The van der Waals surface area contributed by atoms with E-state index in [1.165, 1.54) is 0 Å². The van der Waals surface area contributed by atoms with Crippen LogP contribution in [0.25, 0.3) is 0 Å². The topological polar surface area (TPSA) is 65.1 Å². The quantitative estimate of drug-likeness (QED) is 0.654. The molecule has 1 heterocycles. The van der Waals surface area contributed by atoms with Crippen LogP contribution < -0.4 is 5.32 Å². The van der Waals surface area contributed by atoms with Crippen molar-refractivity contribution in [2.24, 2.45) is 5.92 Å². The van der Waals surface area contributed by atoms with Crippen LogP contribution in [0, 0.1) is 5.92 Å². The van der Waals surface area contributed by atoms with Crippen LogP contribution in [0.2, 0.25) is 0 Å². The number of aromatic nitrogens is 1. The summed E-state index contributed by atoms with van der Waals surface area (Å²) < 4.78 is 0. The molecule has 1 amide bonds. The minimum absolute atomic E-state index is 0.133. The Morgan fingerprint density at radius 2 is 2.50 bits per heavy atom. The predicted molar refractivity (Wildman–Crippen MR) is 51.9 cm³/mol. The van der Waals surface area contributed by atoms with Crippen molar-refractivity contribution in [3.05, 3.63) is 24.0 Å². The third-order valence-corrected chi connectivity index (χ3v) is 2.50. The number of hydrogen-bond donors (Lipinski definition) is 3. The fraction of sp³-hybridized carbons (Fsp3) is 0.500. The molecule has 0 radical (unpaired) electrons. The van der Waals surface area contributed by atoms with E-state index in [0.717, 1.165) is 12.8 Å². The number of aromatic amines is 1. The summed E-state index contributed by atoms with van der Waals surface area (Å²) in [6, 6.07) is 1.71. The number of aliphatic hydroxyl groups is 1. The highest BCUT2D eigenvalue weighted by atomic mass is 16.3. The van der Waals surface area contributed by atoms with Crippen molar-refractivity contribution in [2.45, 2.75) is 18.9 Å². The van der Waals surface area contributed by atoms with Gasteiger partial charge in [0.15, 0.2) is 0 Å². The SMILES string of the molecule is O=C(NCC(O)C1CC1)c1cc[nH]c1. The maximum Gasteiger partial charge on any atom is 0.252 e. The van der Waals surface area contributed by atoms with Crippen molar-refractivity contribution in [1.29, 1.82) is 0 Å². The van der Waals surface area contributed by atoms with Crippen LogP contribution in [0.1, 0.15) is 23.2 Å². The first-order valence-corrected chi connectivity index (χ1v) is 4.86. The third kappa shape index (κ3) is 2.14. The van der Waals surface area contributed by atoms with E-state index in [1.807, 2.05) is 0 Å². The number of aliphatic hydroxyl groups excluding tert-OH is 1. The van der Waals surface area contributed by atoms with Crippen LogP contribution >= 0.6 is 0 Å². The van der Waals surface area contributed by atoms with E-state index >= 15 is 0 Å². The van der Waals surface area contributed by atoms with Gasteiger partial charge < -0.3 is 15.4 Å². The van der Waals surface area contributed by atoms with Crippen LogP contribution in [0.15, 0.2) is 18.5 Å². The van der Waals surface area contributed by atoms with E-state index in [0.29, 0.717) is 18.0 Å². The lowest BCUT2D eigenvalue weighted by molar-refractivity contribution is 0.0901. The van der Waals surface area contributed by atoms with Gasteiger partial charge in [0.25, 0.3) is 5.91 Å². The van der Waals surface area contributed by atoms with Crippen LogP contribution in [0.4, 0.5) is 0 Å². The number of rotatable bonds is 4. The molecule has 1 saturated carbocycles. The molecule has 1 aliphatic carbocycles. The number of carbonyl (C=O) groups excluding carboxylic acids is 1. The summed E-state index contributed by atoms with van der Waals surface area (Å²) in [7, 11) is 0. The van der Waals surface area contributed by atoms with Crippen LogP contribution in [-0.4, -0.2) is 28.6 Å². The van der Waals surface area contributed by atoms with Gasteiger partial charge in [0, 0.05) is 18.9 Å². The fourth-order valence-electron chi connectivity index (χ4n) is 1.41. The zero-order valence-electron chi connectivity index (χ0n) is 7.86. The van der Waals surface area contributed by atoms with Crippen molar-refractivity contribution in [3.8, 4) is 0 Å². The number of amides is 1. The molecule has 1 aromatic rings. The van der Waals surface area contributed by atoms with Gasteiger partial charge in [-0.2, -0.15) is 0 Å². The molecule has 1 unspecified atom stereocenters. The fourth-order valence-corrected chi connectivity index (χ4v) is 1.41. The molecule has 0 spiro atoms. The summed E-state index contributed by atoms with van der Waals surface area (Å²) in [6.45, 7) is 0.356. The van der Waals surface area contributed by atoms with E-state index in [1.54, 1.807) is 18.5 Å². The smallest absolute Gasteiger partial charge is 0.252 e. The first-order valence-electron chi connectivity index (χ1n) is 4.86. The Bertz CT molecular complexity index is 304. The Morgan fingerprint density at radius 1 is 1.71 bits per heavy atom. The Labute approximate surface area is 82.3 Å². The molecule has 76 valence electrons. The van der Waals surface area contributed by atoms with Gasteiger partial charge >= 0.3 is 0 Å². The highest BCUT2D eigenvalue weighted by Gasteiger charge is 2.29. The number of H-pyrrole nitrogens is 1. The largest absolute Gasteiger partial charge is 0.391 e. The van der Waals surface area contributed by atoms with Gasteiger partial charge in [-0.1, -0.05) is 0 Å². The molecule has 4 nitrogen and oxygen atoms in total. The molecule has 0 bridgehead atoms. The first-order chi connectivity index (χ1) is 6.77. The van der Waals surface area contributed by atoms with Crippen molar-refractivity contribution >= 4 is 5.91 Å². The minimum atomic E-state index is -0.377. The normalized spacial score (nSPS) is 17.8. The predicted octanol–water partition coefficient (Wildman–Crippen LogP) is 0.515. The maximum absolute atomic E-state index is 11.4. The molecule has 4 heteroatoms. The Hall–Kier alpha value is -1.29. The summed E-state index contributed by atoms with van der Waals surface area (Å²) in [5.74, 6) is 0.271. The second-order valence-electron chi connectivity index (χ2n) is 3.71. The monoisotopic (exact) mass is 194 g/mol. The molecule has 2 rings (SSSR count). The highest BCUT2D eigenvalue weighted by Crippen LogP contribution is 2.32. The molecular formula is C10H14N2O2. The van der Waals surface area contributed by atoms with Crippen molar-refractivity contribution in [1.82, 2.24) is 10.3 Å². The summed E-state index contributed by atoms with van der Waals surface area (Å²) in [5, 5.41) is 12.2. The average Bonchev–Trinajstić information content (AvgIpc) is 2.90. The van der Waals surface area contributed by atoms with E-state index in [9.17, 15) is 9.90 Å². The summed E-state index contributed by atoms with van der Waals surface area (Å²) in [4.78, 5) is 14.2. The van der Waals surface area contributed by atoms with Gasteiger partial charge in [-0.15, -0.1) is 0 Å². The lowest BCUT2D eigenvalue weighted by Crippen LogP contribution is -2.32. The molecular weight excluding hydrogens is 180 g/mol. The van der Waals surface area contributed by atoms with Gasteiger partial charge in [0.05, 0.1) is 11.7 Å². The third-order valence-electron chi connectivity index (χ3n) is 2.50. The molecule has 14 heavy (non-hydrogen) atoms. The number of hydrogen-bond acceptors (Lipinski definition) is 2. The van der Waals surface area contributed by atoms with Gasteiger partial charge in [-0.05, 0) is 24.8 Å². The molecule has 1 aromatic heterocycles. The van der Waals surface area contributed by atoms with Crippen LogP contribution in [0.5, 0.6) is 0 Å². The standard InChI is InChI=1S/C10H14N2O2/c13-9(7-1-2-7)6-12-10(14)8-3-4-11-5-8/h3-5,7,9,11,13H,1-2,6H2,(H,12,14). The molecule has 0 aliphatic heterocycles. The minimum Gasteiger partial charge on any atom is -0.391 e. The molecule has 0 aromatic carbocycles. The first kappa shape index (κ1) is 9.27. The van der Waals surface area contributed by atoms with Gasteiger partial charge in [0.1, 0.15) is 0 Å². The molecule has 1 fully saturated rings. The zero-order valence-corrected chi connectivity index (χ0v) is 7.86. The van der Waals surface area contributed by atoms with E-state index in [2.05, 4.69) is 10.3 Å². The molecule has 1 aliphatic rings. The number of carbonyl (C=O) groups is 1. The lowest BCUT2D eigenvalue weighted by atomic mass is 10.2. The number of nitrogens with one attached hydrogen (secondary N) is 2. The Balaban J connectivity index is 1.77. The second kappa shape index (κ2) is 3.84. The highest BCUT2D eigenvalue weighted by molar-refractivity contribution is 5.93. The van der Waals surface area contributed by atoms with Crippen molar-refractivity contribution in [2.75, 3.05) is 6.54 Å². The summed E-state index contributed by atoms with van der Waals surface area (Å²) >= 11 is 0. The van der Waals surface area contributed by atoms with Crippen molar-refractivity contribution in [3.63, 3.8) is 0 Å². The Morgan fingerprint density at radius 3 is 3.07 bits per heavy atom. The molecule has 1 atom stereocenters. The van der Waals surface area contributed by atoms with Gasteiger partial charge in [-0.25, -0.2) is 0 Å². The van der Waals surface area contributed by atoms with E-state index in [-0.39, 0.29) is 12.0 Å². The van der Waals surface area contributed by atoms with Gasteiger partial charge in [-0.3, -0.25) is 4.79 Å².